The van der Waals surface area contributed by atoms with E-state index in [1.807, 2.05) is 13.8 Å². The maximum atomic E-state index is 13.7. The second-order valence-electron chi connectivity index (χ2n) is 5.47. The maximum absolute atomic E-state index is 13.7. The number of fused-ring (bicyclic) bond motifs is 1. The molecule has 0 radical (unpaired) electrons. The average molecular weight is 292 g/mol. The van der Waals surface area contributed by atoms with E-state index in [2.05, 4.69) is 0 Å². The minimum absolute atomic E-state index is 0.0715. The molecule has 1 aromatic heterocycles. The van der Waals surface area contributed by atoms with Crippen molar-refractivity contribution in [1.82, 2.24) is 4.57 Å². The Morgan fingerprint density at radius 1 is 1.43 bits per heavy atom. The quantitative estimate of drug-likeness (QED) is 0.909. The number of pyridine rings is 1. The summed E-state index contributed by atoms with van der Waals surface area (Å²) in [5, 5.41) is 9.31. The van der Waals surface area contributed by atoms with Crippen LogP contribution in [0.4, 0.5) is 10.2 Å². The molecule has 0 aliphatic heterocycles. The van der Waals surface area contributed by atoms with Crippen molar-refractivity contribution in [1.29, 1.82) is 0 Å². The molecule has 0 saturated heterocycles. The minimum Gasteiger partial charge on any atom is -0.477 e. The number of nitrogens with two attached hydrogens (primary N) is 1. The van der Waals surface area contributed by atoms with Crippen molar-refractivity contribution in [3.63, 3.8) is 0 Å². The average Bonchev–Trinajstić information content (AvgIpc) is 2.37. The first-order valence-corrected chi connectivity index (χ1v) is 6.60. The van der Waals surface area contributed by atoms with Gasteiger partial charge in [0.05, 0.1) is 10.9 Å². The van der Waals surface area contributed by atoms with Crippen LogP contribution >= 0.6 is 0 Å². The molecule has 6 heteroatoms. The molecule has 0 fully saturated rings. The highest BCUT2D eigenvalue weighted by Crippen LogP contribution is 2.24. The number of nitrogens with zero attached hydrogens (tertiary/aromatic N) is 1. The second-order valence-corrected chi connectivity index (χ2v) is 5.47. The molecule has 1 heterocycles. The number of anilines is 1. The highest BCUT2D eigenvalue weighted by molar-refractivity contribution is 5.98. The summed E-state index contributed by atoms with van der Waals surface area (Å²) in [5.41, 5.74) is 5.22. The van der Waals surface area contributed by atoms with Crippen molar-refractivity contribution >= 4 is 22.7 Å². The fourth-order valence-corrected chi connectivity index (χ4v) is 2.46. The van der Waals surface area contributed by atoms with Crippen LogP contribution in [0.25, 0.3) is 10.9 Å². The van der Waals surface area contributed by atoms with Crippen LogP contribution in [0.3, 0.4) is 0 Å². The summed E-state index contributed by atoms with van der Waals surface area (Å²) in [6, 6.07) is 2.72. The van der Waals surface area contributed by atoms with Gasteiger partial charge in [-0.15, -0.1) is 0 Å². The lowest BCUT2D eigenvalue weighted by atomic mass is 10.0. The third-order valence-corrected chi connectivity index (χ3v) is 3.43. The van der Waals surface area contributed by atoms with E-state index in [1.165, 1.54) is 19.1 Å². The first-order valence-electron chi connectivity index (χ1n) is 6.60. The summed E-state index contributed by atoms with van der Waals surface area (Å²) in [7, 11) is 0. The van der Waals surface area contributed by atoms with Gasteiger partial charge >= 0.3 is 5.97 Å². The molecule has 21 heavy (non-hydrogen) atoms. The molecular weight excluding hydrogens is 275 g/mol. The molecule has 0 aliphatic carbocycles. The number of aryl methyl sites for hydroxylation is 1. The zero-order valence-corrected chi connectivity index (χ0v) is 12.1. The Morgan fingerprint density at radius 2 is 2.05 bits per heavy atom. The molecular formula is C15H17FN2O3. The lowest BCUT2D eigenvalue weighted by molar-refractivity contribution is 0.0696. The van der Waals surface area contributed by atoms with Crippen LogP contribution in [-0.4, -0.2) is 15.6 Å². The molecule has 3 N–H and O–H groups in total. The Morgan fingerprint density at radius 3 is 2.57 bits per heavy atom. The van der Waals surface area contributed by atoms with Gasteiger partial charge in [0.15, 0.2) is 0 Å². The van der Waals surface area contributed by atoms with Gasteiger partial charge in [-0.1, -0.05) is 13.8 Å². The smallest absolute Gasteiger partial charge is 0.343 e. The second kappa shape index (κ2) is 5.20. The van der Waals surface area contributed by atoms with Crippen molar-refractivity contribution in [2.24, 2.45) is 5.92 Å². The van der Waals surface area contributed by atoms with Crippen LogP contribution in [-0.2, 0) is 6.54 Å². The largest absolute Gasteiger partial charge is 0.477 e. The zero-order chi connectivity index (χ0) is 15.9. The molecule has 0 aliphatic rings. The standard InChI is InChI=1S/C15H17FN2O3/c1-7(2)6-18-10-5-4-9(16)8(3)11(10)13(19)12(14(18)17)15(20)21/h4-5,7H,6,17H2,1-3H3,(H,20,21). The molecule has 2 rings (SSSR count). The van der Waals surface area contributed by atoms with Crippen LogP contribution in [0.1, 0.15) is 29.8 Å². The van der Waals surface area contributed by atoms with E-state index in [9.17, 15) is 19.1 Å². The summed E-state index contributed by atoms with van der Waals surface area (Å²) in [6.07, 6.45) is 0. The number of carboxylic acid groups (broad SMARTS) is 1. The van der Waals surface area contributed by atoms with Crippen molar-refractivity contribution in [3.8, 4) is 0 Å². The maximum Gasteiger partial charge on any atom is 0.343 e. The zero-order valence-electron chi connectivity index (χ0n) is 12.1. The first-order chi connectivity index (χ1) is 9.75. The Labute approximate surface area is 120 Å². The first kappa shape index (κ1) is 15.0. The van der Waals surface area contributed by atoms with E-state index in [-0.39, 0.29) is 22.7 Å². The van der Waals surface area contributed by atoms with E-state index in [1.54, 1.807) is 4.57 Å². The number of nitrogen functional groups attached to an aromatic ring is 1. The van der Waals surface area contributed by atoms with Gasteiger partial charge in [-0.25, -0.2) is 9.18 Å². The Kier molecular flexibility index (Phi) is 3.72. The van der Waals surface area contributed by atoms with Crippen LogP contribution in [0.15, 0.2) is 16.9 Å². The molecule has 1 aromatic carbocycles. The van der Waals surface area contributed by atoms with Gasteiger partial charge in [0, 0.05) is 6.54 Å². The summed E-state index contributed by atoms with van der Waals surface area (Å²) in [6.45, 7) is 5.79. The SMILES string of the molecule is Cc1c(F)ccc2c1c(=O)c(C(=O)O)c(N)n2CC(C)C. The van der Waals surface area contributed by atoms with Crippen LogP contribution < -0.4 is 11.2 Å². The van der Waals surface area contributed by atoms with E-state index >= 15 is 0 Å². The third kappa shape index (κ3) is 2.37. The summed E-state index contributed by atoms with van der Waals surface area (Å²) >= 11 is 0. The van der Waals surface area contributed by atoms with Crippen molar-refractivity contribution in [2.45, 2.75) is 27.3 Å². The lowest BCUT2D eigenvalue weighted by Crippen LogP contribution is -2.25. The molecule has 2 aromatic rings. The van der Waals surface area contributed by atoms with Gasteiger partial charge in [0.2, 0.25) is 5.43 Å². The van der Waals surface area contributed by atoms with Gasteiger partial charge < -0.3 is 15.4 Å². The molecule has 112 valence electrons. The van der Waals surface area contributed by atoms with Gasteiger partial charge in [0.25, 0.3) is 0 Å². The Balaban J connectivity index is 3.04. The molecule has 0 saturated carbocycles. The molecule has 0 atom stereocenters. The number of aromatic nitrogens is 1. The highest BCUT2D eigenvalue weighted by Gasteiger charge is 2.22. The van der Waals surface area contributed by atoms with E-state index in [0.29, 0.717) is 12.1 Å². The number of carbonyl (C=O) groups is 1. The molecule has 0 unspecified atom stereocenters. The van der Waals surface area contributed by atoms with E-state index in [4.69, 9.17) is 5.73 Å². The lowest BCUT2D eigenvalue weighted by Gasteiger charge is -2.19. The van der Waals surface area contributed by atoms with E-state index < -0.39 is 22.8 Å². The molecule has 5 nitrogen and oxygen atoms in total. The number of benzene rings is 1. The van der Waals surface area contributed by atoms with E-state index in [0.717, 1.165) is 0 Å². The van der Waals surface area contributed by atoms with Gasteiger partial charge in [0.1, 0.15) is 17.2 Å². The Hall–Kier alpha value is -2.37. The highest BCUT2D eigenvalue weighted by atomic mass is 19.1. The van der Waals surface area contributed by atoms with Gasteiger partial charge in [-0.05, 0) is 30.5 Å². The van der Waals surface area contributed by atoms with Crippen LogP contribution in [0.2, 0.25) is 0 Å². The molecule has 0 amide bonds. The normalized spacial score (nSPS) is 11.3. The topological polar surface area (TPSA) is 85.3 Å². The minimum atomic E-state index is -1.40. The number of hydrogen-bond donors (Lipinski definition) is 2. The summed E-state index contributed by atoms with van der Waals surface area (Å²) < 4.78 is 15.3. The number of halogens is 1. The predicted molar refractivity (Wildman–Crippen MR) is 79.1 cm³/mol. The number of carboxylic acids is 1. The molecule has 0 bridgehead atoms. The van der Waals surface area contributed by atoms with Crippen LogP contribution in [0.5, 0.6) is 0 Å². The van der Waals surface area contributed by atoms with Crippen molar-refractivity contribution in [3.05, 3.63) is 39.3 Å². The summed E-state index contributed by atoms with van der Waals surface area (Å²) in [5.74, 6) is -1.86. The molecule has 0 spiro atoms. The van der Waals surface area contributed by atoms with Crippen molar-refractivity contribution in [2.75, 3.05) is 5.73 Å². The van der Waals surface area contributed by atoms with Gasteiger partial charge in [-0.2, -0.15) is 0 Å². The van der Waals surface area contributed by atoms with Crippen molar-refractivity contribution < 1.29 is 14.3 Å². The van der Waals surface area contributed by atoms with Gasteiger partial charge in [-0.3, -0.25) is 4.79 Å². The monoisotopic (exact) mass is 292 g/mol. The predicted octanol–water partition coefficient (Wildman–Crippen LogP) is 2.39. The third-order valence-electron chi connectivity index (χ3n) is 3.43. The number of hydrogen-bond acceptors (Lipinski definition) is 3. The number of rotatable bonds is 3. The van der Waals surface area contributed by atoms with Crippen LogP contribution in [0, 0.1) is 18.7 Å². The summed E-state index contributed by atoms with van der Waals surface area (Å²) in [4.78, 5) is 23.7. The number of aromatic carboxylic acids is 1. The Bertz CT molecular complexity index is 794. The fourth-order valence-electron chi connectivity index (χ4n) is 2.46. The fraction of sp³-hybridized carbons (Fsp3) is 0.333.